The Morgan fingerprint density at radius 2 is 1.68 bits per heavy atom. The number of hydrogen-bond donors (Lipinski definition) is 0. The largest absolute Gasteiger partial charge is 0.343 e. The van der Waals surface area contributed by atoms with Crippen LogP contribution in [-0.4, -0.2) is 44.4 Å². The third-order valence-electron chi connectivity index (χ3n) is 4.47. The highest BCUT2D eigenvalue weighted by Crippen LogP contribution is 2.29. The summed E-state index contributed by atoms with van der Waals surface area (Å²) in [5.41, 5.74) is 3.05. The van der Waals surface area contributed by atoms with Crippen LogP contribution in [-0.2, 0) is 4.79 Å². The van der Waals surface area contributed by atoms with Gasteiger partial charge < -0.3 is 4.90 Å². The maximum Gasteiger partial charge on any atom is 0.233 e. The van der Waals surface area contributed by atoms with E-state index in [4.69, 9.17) is 11.6 Å². The molecule has 0 fully saturated rings. The summed E-state index contributed by atoms with van der Waals surface area (Å²) in [5, 5.41) is 10.1. The first-order valence-corrected chi connectivity index (χ1v) is 10.6. The number of nitrogens with zero attached hydrogens (tertiary/aromatic N) is 4. The first kappa shape index (κ1) is 20.4. The molecule has 7 heteroatoms. The van der Waals surface area contributed by atoms with E-state index < -0.39 is 0 Å². The molecular weight excluding hydrogens is 392 g/mol. The van der Waals surface area contributed by atoms with E-state index in [2.05, 4.69) is 29.3 Å². The second-order valence-electron chi connectivity index (χ2n) is 6.34. The Labute approximate surface area is 174 Å². The fourth-order valence-electron chi connectivity index (χ4n) is 2.87. The lowest BCUT2D eigenvalue weighted by Gasteiger charge is -2.18. The zero-order valence-corrected chi connectivity index (χ0v) is 17.8. The van der Waals surface area contributed by atoms with Crippen LogP contribution in [0.5, 0.6) is 0 Å². The Bertz CT molecular complexity index is 934. The van der Waals surface area contributed by atoms with Crippen LogP contribution in [0.15, 0.2) is 53.7 Å². The van der Waals surface area contributed by atoms with Gasteiger partial charge in [0.2, 0.25) is 5.91 Å². The van der Waals surface area contributed by atoms with Gasteiger partial charge in [-0.25, -0.2) is 0 Å². The number of halogens is 1. The van der Waals surface area contributed by atoms with Crippen LogP contribution in [0.2, 0.25) is 5.02 Å². The van der Waals surface area contributed by atoms with Crippen LogP contribution in [0.25, 0.3) is 17.1 Å². The van der Waals surface area contributed by atoms with E-state index in [1.807, 2.05) is 59.7 Å². The summed E-state index contributed by atoms with van der Waals surface area (Å²) in [4.78, 5) is 14.2. The molecule has 28 heavy (non-hydrogen) atoms. The average molecular weight is 415 g/mol. The number of carbonyl (C=O) groups is 1. The molecule has 0 aliphatic carbocycles. The minimum atomic E-state index is 0.0986. The van der Waals surface area contributed by atoms with Crippen LogP contribution in [0.1, 0.15) is 19.4 Å². The van der Waals surface area contributed by atoms with Crippen molar-refractivity contribution in [2.24, 2.45) is 0 Å². The van der Waals surface area contributed by atoms with Gasteiger partial charge in [-0.2, -0.15) is 0 Å². The number of amides is 1. The maximum atomic E-state index is 12.4. The van der Waals surface area contributed by atoms with E-state index in [0.717, 1.165) is 17.1 Å². The lowest BCUT2D eigenvalue weighted by atomic mass is 10.2. The number of thioether (sulfide) groups is 1. The fraction of sp³-hybridized carbons (Fsp3) is 0.286. The summed E-state index contributed by atoms with van der Waals surface area (Å²) < 4.78 is 1.99. The normalized spacial score (nSPS) is 10.9. The summed E-state index contributed by atoms with van der Waals surface area (Å²) in [5.74, 6) is 1.14. The second kappa shape index (κ2) is 9.26. The van der Waals surface area contributed by atoms with Crippen molar-refractivity contribution >= 4 is 29.3 Å². The fourth-order valence-corrected chi connectivity index (χ4v) is 3.85. The molecule has 1 amide bonds. The van der Waals surface area contributed by atoms with Gasteiger partial charge in [-0.1, -0.05) is 41.1 Å². The monoisotopic (exact) mass is 414 g/mol. The Morgan fingerprint density at radius 1 is 1.04 bits per heavy atom. The van der Waals surface area contributed by atoms with Crippen molar-refractivity contribution in [1.29, 1.82) is 0 Å². The van der Waals surface area contributed by atoms with E-state index in [1.54, 1.807) is 0 Å². The molecule has 0 unspecified atom stereocenters. The highest BCUT2D eigenvalue weighted by atomic mass is 35.5. The first-order valence-electron chi connectivity index (χ1n) is 9.22. The maximum absolute atomic E-state index is 12.4. The molecule has 0 bridgehead atoms. The molecule has 0 N–H and O–H groups in total. The molecule has 1 heterocycles. The first-order chi connectivity index (χ1) is 13.5. The molecule has 3 aromatic rings. The van der Waals surface area contributed by atoms with Gasteiger partial charge in [0.25, 0.3) is 0 Å². The van der Waals surface area contributed by atoms with Crippen LogP contribution >= 0.6 is 23.4 Å². The minimum absolute atomic E-state index is 0.0986. The van der Waals surface area contributed by atoms with Crippen LogP contribution in [0, 0.1) is 6.92 Å². The smallest absolute Gasteiger partial charge is 0.233 e. The summed E-state index contributed by atoms with van der Waals surface area (Å²) in [7, 11) is 0. The molecule has 0 saturated carbocycles. The summed E-state index contributed by atoms with van der Waals surface area (Å²) in [6, 6.07) is 15.7. The molecule has 0 saturated heterocycles. The zero-order valence-electron chi connectivity index (χ0n) is 16.2. The highest BCUT2D eigenvalue weighted by Gasteiger charge is 2.18. The van der Waals surface area contributed by atoms with E-state index in [0.29, 0.717) is 29.0 Å². The lowest BCUT2D eigenvalue weighted by Crippen LogP contribution is -2.31. The van der Waals surface area contributed by atoms with Crippen molar-refractivity contribution < 1.29 is 4.79 Å². The predicted molar refractivity (Wildman–Crippen MR) is 115 cm³/mol. The standard InChI is InChI=1S/C21H23ClN4OS/c1-4-25(5-2)19(27)14-28-21-24-23-20(16-8-10-17(22)11-9-16)26(21)18-12-6-15(3)7-13-18/h6-13H,4-5,14H2,1-3H3. The molecule has 0 atom stereocenters. The topological polar surface area (TPSA) is 51.0 Å². The highest BCUT2D eigenvalue weighted by molar-refractivity contribution is 7.99. The summed E-state index contributed by atoms with van der Waals surface area (Å²) in [6.07, 6.45) is 0. The van der Waals surface area contributed by atoms with E-state index in [-0.39, 0.29) is 5.91 Å². The van der Waals surface area contributed by atoms with Crippen LogP contribution in [0.4, 0.5) is 0 Å². The van der Waals surface area contributed by atoms with Crippen molar-refractivity contribution in [3.8, 4) is 17.1 Å². The third kappa shape index (κ3) is 4.56. The van der Waals surface area contributed by atoms with Gasteiger partial charge in [0.05, 0.1) is 5.75 Å². The number of rotatable bonds is 7. The molecule has 146 valence electrons. The van der Waals surface area contributed by atoms with Gasteiger partial charge in [-0.15, -0.1) is 10.2 Å². The summed E-state index contributed by atoms with van der Waals surface area (Å²) in [6.45, 7) is 7.43. The van der Waals surface area contributed by atoms with Crippen molar-refractivity contribution in [1.82, 2.24) is 19.7 Å². The molecule has 5 nitrogen and oxygen atoms in total. The molecule has 0 aliphatic rings. The average Bonchev–Trinajstić information content (AvgIpc) is 3.12. The Hall–Kier alpha value is -2.31. The summed E-state index contributed by atoms with van der Waals surface area (Å²) >= 11 is 7.44. The van der Waals surface area contributed by atoms with Gasteiger partial charge in [-0.05, 0) is 57.2 Å². The minimum Gasteiger partial charge on any atom is -0.343 e. The van der Waals surface area contributed by atoms with E-state index in [9.17, 15) is 4.79 Å². The molecule has 1 aromatic heterocycles. The van der Waals surface area contributed by atoms with Crippen LogP contribution < -0.4 is 0 Å². The van der Waals surface area contributed by atoms with Crippen molar-refractivity contribution in [3.63, 3.8) is 0 Å². The molecule has 0 spiro atoms. The number of benzene rings is 2. The Balaban J connectivity index is 1.97. The molecule has 0 radical (unpaired) electrons. The molecule has 3 rings (SSSR count). The lowest BCUT2D eigenvalue weighted by molar-refractivity contribution is -0.127. The Kier molecular flexibility index (Phi) is 6.75. The van der Waals surface area contributed by atoms with Crippen molar-refractivity contribution in [3.05, 3.63) is 59.1 Å². The van der Waals surface area contributed by atoms with Crippen molar-refractivity contribution in [2.75, 3.05) is 18.8 Å². The second-order valence-corrected chi connectivity index (χ2v) is 7.72. The van der Waals surface area contributed by atoms with Gasteiger partial charge in [0.1, 0.15) is 0 Å². The quantitative estimate of drug-likeness (QED) is 0.518. The number of hydrogen-bond acceptors (Lipinski definition) is 4. The van der Waals surface area contributed by atoms with Crippen molar-refractivity contribution in [2.45, 2.75) is 25.9 Å². The zero-order chi connectivity index (χ0) is 20.1. The van der Waals surface area contributed by atoms with Gasteiger partial charge >= 0.3 is 0 Å². The molecular formula is C21H23ClN4OS. The van der Waals surface area contributed by atoms with Gasteiger partial charge in [0, 0.05) is 29.4 Å². The van der Waals surface area contributed by atoms with Gasteiger partial charge in [0.15, 0.2) is 11.0 Å². The Morgan fingerprint density at radius 3 is 2.29 bits per heavy atom. The number of aromatic nitrogens is 3. The van der Waals surface area contributed by atoms with Crippen LogP contribution in [0.3, 0.4) is 0 Å². The van der Waals surface area contributed by atoms with E-state index >= 15 is 0 Å². The van der Waals surface area contributed by atoms with Gasteiger partial charge in [-0.3, -0.25) is 9.36 Å². The molecule has 0 aliphatic heterocycles. The third-order valence-corrected chi connectivity index (χ3v) is 5.63. The predicted octanol–water partition coefficient (Wildman–Crippen LogP) is 4.86. The molecule has 2 aromatic carbocycles. The van der Waals surface area contributed by atoms with E-state index in [1.165, 1.54) is 17.3 Å². The number of carbonyl (C=O) groups excluding carboxylic acids is 1. The SMILES string of the molecule is CCN(CC)C(=O)CSc1nnc(-c2ccc(Cl)cc2)n1-c1ccc(C)cc1. The number of aryl methyl sites for hydroxylation is 1.